The molecule has 0 aromatic heterocycles. The summed E-state index contributed by atoms with van der Waals surface area (Å²) in [7, 11) is 0. The molecule has 0 aliphatic heterocycles. The largest absolute Gasteiger partial charge is 0.481 e. The Morgan fingerprint density at radius 2 is 1.00 bits per heavy atom. The Bertz CT molecular complexity index is 75.3. The van der Waals surface area contributed by atoms with Crippen LogP contribution in [-0.2, 0) is 26.7 Å². The second-order valence-corrected chi connectivity index (χ2v) is 1.04. The second kappa shape index (κ2) is 15.9. The Labute approximate surface area is 75.5 Å². The van der Waals surface area contributed by atoms with Crippen LogP contribution in [0.4, 0.5) is 0 Å². The van der Waals surface area contributed by atoms with E-state index in [9.17, 15) is 0 Å². The summed E-state index contributed by atoms with van der Waals surface area (Å²) in [5.41, 5.74) is 0. The standard InChI is InChI=1S/2C2H4O2.ClH.Cu/c2*1-2(3)4;;/h2*1H3,(H,3,4);1H;. The molecule has 0 aliphatic carbocycles. The van der Waals surface area contributed by atoms with Gasteiger partial charge in [0.15, 0.2) is 0 Å². The molecule has 67 valence electrons. The van der Waals surface area contributed by atoms with E-state index in [0.717, 1.165) is 13.8 Å². The third-order valence-corrected chi connectivity index (χ3v) is 0. The molecule has 1 radical (unpaired) electrons. The van der Waals surface area contributed by atoms with E-state index in [1.54, 1.807) is 0 Å². The van der Waals surface area contributed by atoms with Gasteiger partial charge in [0.05, 0.1) is 0 Å². The summed E-state index contributed by atoms with van der Waals surface area (Å²) >= 11 is 0. The summed E-state index contributed by atoms with van der Waals surface area (Å²) in [6.07, 6.45) is 0. The van der Waals surface area contributed by atoms with E-state index < -0.39 is 11.9 Å². The molecule has 0 saturated heterocycles. The molecule has 0 bridgehead atoms. The molecule has 0 heterocycles. The molecule has 2 N–H and O–H groups in total. The normalized spacial score (nSPS) is 5.00. The summed E-state index contributed by atoms with van der Waals surface area (Å²) in [6.45, 7) is 2.17. The summed E-state index contributed by atoms with van der Waals surface area (Å²) < 4.78 is 0. The SMILES string of the molecule is CC(=O)O.CC(=O)O.Cl.[Cu]. The van der Waals surface area contributed by atoms with Gasteiger partial charge < -0.3 is 10.2 Å². The van der Waals surface area contributed by atoms with Crippen molar-refractivity contribution in [3.63, 3.8) is 0 Å². The maximum atomic E-state index is 9.00. The van der Waals surface area contributed by atoms with E-state index in [4.69, 9.17) is 19.8 Å². The quantitative estimate of drug-likeness (QED) is 0.586. The molecule has 0 amide bonds. The molecule has 0 fully saturated rings. The number of hydrogen-bond acceptors (Lipinski definition) is 2. The van der Waals surface area contributed by atoms with Crippen LogP contribution in [0.5, 0.6) is 0 Å². The number of halogens is 1. The van der Waals surface area contributed by atoms with Gasteiger partial charge in [-0.3, -0.25) is 9.59 Å². The summed E-state index contributed by atoms with van der Waals surface area (Å²) in [4.78, 5) is 18.0. The Morgan fingerprint density at radius 1 is 1.00 bits per heavy atom. The number of hydrogen-bond donors (Lipinski definition) is 2. The zero-order chi connectivity index (χ0) is 7.15. The van der Waals surface area contributed by atoms with Crippen LogP contribution in [0.15, 0.2) is 0 Å². The van der Waals surface area contributed by atoms with Gasteiger partial charge in [0.25, 0.3) is 11.9 Å². The van der Waals surface area contributed by atoms with E-state index in [1.807, 2.05) is 0 Å². The fraction of sp³-hybridized carbons (Fsp3) is 0.500. The molecule has 0 aliphatic rings. The molecule has 0 spiro atoms. The van der Waals surface area contributed by atoms with Gasteiger partial charge in [-0.1, -0.05) is 0 Å². The molecule has 10 heavy (non-hydrogen) atoms. The first kappa shape index (κ1) is 22.6. The average molecular weight is 220 g/mol. The molecule has 4 nitrogen and oxygen atoms in total. The molecule has 0 aromatic carbocycles. The Balaban J connectivity index is -0.0000000300. The third kappa shape index (κ3) is 5630. The van der Waals surface area contributed by atoms with Crippen LogP contribution >= 0.6 is 12.4 Å². The van der Waals surface area contributed by atoms with E-state index in [2.05, 4.69) is 0 Å². The fourth-order valence-corrected chi connectivity index (χ4v) is 0. The number of aliphatic carboxylic acids is 2. The maximum Gasteiger partial charge on any atom is 0.300 e. The molecular formula is C4H9ClCuO4. The Kier molecular flexibility index (Phi) is 35.9. The predicted octanol–water partition coefficient (Wildman–Crippen LogP) is 0.601. The van der Waals surface area contributed by atoms with Crippen molar-refractivity contribution in [2.75, 3.05) is 0 Å². The second-order valence-electron chi connectivity index (χ2n) is 1.04. The molecule has 0 aromatic rings. The van der Waals surface area contributed by atoms with Crippen molar-refractivity contribution in [1.29, 1.82) is 0 Å². The molecule has 0 atom stereocenters. The van der Waals surface area contributed by atoms with E-state index in [1.165, 1.54) is 0 Å². The van der Waals surface area contributed by atoms with Crippen LogP contribution in [0.3, 0.4) is 0 Å². The van der Waals surface area contributed by atoms with Crippen molar-refractivity contribution in [3.05, 3.63) is 0 Å². The van der Waals surface area contributed by atoms with Gasteiger partial charge in [-0.15, -0.1) is 12.4 Å². The van der Waals surface area contributed by atoms with Crippen molar-refractivity contribution < 1.29 is 36.9 Å². The zero-order valence-electron chi connectivity index (χ0n) is 5.42. The monoisotopic (exact) mass is 219 g/mol. The van der Waals surface area contributed by atoms with Gasteiger partial charge >= 0.3 is 0 Å². The molecule has 0 saturated carbocycles. The summed E-state index contributed by atoms with van der Waals surface area (Å²) in [5.74, 6) is -1.67. The zero-order valence-corrected chi connectivity index (χ0v) is 7.18. The number of carbonyl (C=O) groups is 2. The smallest absolute Gasteiger partial charge is 0.300 e. The minimum atomic E-state index is -0.833. The van der Waals surface area contributed by atoms with E-state index >= 15 is 0 Å². The first-order chi connectivity index (χ1) is 3.46. The van der Waals surface area contributed by atoms with Gasteiger partial charge in [-0.05, 0) is 0 Å². The van der Waals surface area contributed by atoms with Gasteiger partial charge in [-0.25, -0.2) is 0 Å². The van der Waals surface area contributed by atoms with Crippen molar-refractivity contribution in [3.8, 4) is 0 Å². The topological polar surface area (TPSA) is 74.6 Å². The van der Waals surface area contributed by atoms with Gasteiger partial charge in [0.2, 0.25) is 0 Å². The fourth-order valence-electron chi connectivity index (χ4n) is 0. The molecular weight excluding hydrogens is 211 g/mol. The van der Waals surface area contributed by atoms with E-state index in [-0.39, 0.29) is 29.5 Å². The molecule has 0 rings (SSSR count). The number of carboxylic acid groups (broad SMARTS) is 2. The average Bonchev–Trinajstić information content (AvgIpc) is 1.25. The molecule has 6 heteroatoms. The van der Waals surface area contributed by atoms with Gasteiger partial charge in [0.1, 0.15) is 0 Å². The van der Waals surface area contributed by atoms with Crippen molar-refractivity contribution >= 4 is 24.3 Å². The minimum Gasteiger partial charge on any atom is -0.481 e. The first-order valence-corrected chi connectivity index (χ1v) is 1.86. The van der Waals surface area contributed by atoms with Gasteiger partial charge in [0, 0.05) is 30.9 Å². The van der Waals surface area contributed by atoms with Crippen LogP contribution in [0.25, 0.3) is 0 Å². The maximum absolute atomic E-state index is 9.00. The third-order valence-electron chi connectivity index (χ3n) is 0. The Hall–Kier alpha value is -0.251. The van der Waals surface area contributed by atoms with Crippen molar-refractivity contribution in [1.82, 2.24) is 0 Å². The van der Waals surface area contributed by atoms with Crippen molar-refractivity contribution in [2.45, 2.75) is 13.8 Å². The van der Waals surface area contributed by atoms with Crippen LogP contribution in [0.1, 0.15) is 13.8 Å². The van der Waals surface area contributed by atoms with Crippen LogP contribution in [0, 0.1) is 0 Å². The van der Waals surface area contributed by atoms with Crippen LogP contribution in [-0.4, -0.2) is 22.2 Å². The predicted molar refractivity (Wildman–Crippen MR) is 33.9 cm³/mol. The number of carboxylic acids is 2. The molecule has 0 unspecified atom stereocenters. The summed E-state index contributed by atoms with van der Waals surface area (Å²) in [5, 5.41) is 14.8. The minimum absolute atomic E-state index is 0. The summed E-state index contributed by atoms with van der Waals surface area (Å²) in [6, 6.07) is 0. The van der Waals surface area contributed by atoms with Gasteiger partial charge in [-0.2, -0.15) is 0 Å². The first-order valence-electron chi connectivity index (χ1n) is 1.86. The Morgan fingerprint density at radius 3 is 1.00 bits per heavy atom. The van der Waals surface area contributed by atoms with E-state index in [0.29, 0.717) is 0 Å². The van der Waals surface area contributed by atoms with Crippen LogP contribution in [0.2, 0.25) is 0 Å². The van der Waals surface area contributed by atoms with Crippen molar-refractivity contribution in [2.24, 2.45) is 0 Å². The van der Waals surface area contributed by atoms with Crippen LogP contribution < -0.4 is 0 Å². The number of rotatable bonds is 0.